The minimum absolute atomic E-state index is 0.0370. The Balaban J connectivity index is 2.90. The molecule has 0 radical (unpaired) electrons. The van der Waals surface area contributed by atoms with Crippen LogP contribution in [0.25, 0.3) is 0 Å². The lowest BCUT2D eigenvalue weighted by Crippen LogP contribution is -2.22. The van der Waals surface area contributed by atoms with Gasteiger partial charge in [0.15, 0.2) is 5.78 Å². The van der Waals surface area contributed by atoms with Crippen LogP contribution in [0.15, 0.2) is 22.7 Å². The maximum absolute atomic E-state index is 11.8. The molecule has 0 saturated heterocycles. The molecule has 0 heterocycles. The van der Waals surface area contributed by atoms with Gasteiger partial charge in [-0.15, -0.1) is 0 Å². The van der Waals surface area contributed by atoms with Crippen LogP contribution in [0.1, 0.15) is 17.3 Å². The van der Waals surface area contributed by atoms with Crippen molar-refractivity contribution in [3.8, 4) is 5.75 Å². The Kier molecular flexibility index (Phi) is 4.78. The fourth-order valence-electron chi connectivity index (χ4n) is 1.23. The van der Waals surface area contributed by atoms with Gasteiger partial charge in [-0.2, -0.15) is 0 Å². The summed E-state index contributed by atoms with van der Waals surface area (Å²) < 4.78 is 6.01. The standard InChI is InChI=1S/C11H14BrNO2/c1-3-13-7-10(14)9-6-8(12)4-5-11(9)15-2/h4-6,13H,3,7H2,1-2H3. The molecule has 0 unspecified atom stereocenters. The smallest absolute Gasteiger partial charge is 0.180 e. The number of carbonyl (C=O) groups is 1. The quantitative estimate of drug-likeness (QED) is 0.835. The second kappa shape index (κ2) is 5.88. The van der Waals surface area contributed by atoms with E-state index in [1.807, 2.05) is 13.0 Å². The molecule has 82 valence electrons. The monoisotopic (exact) mass is 271 g/mol. The van der Waals surface area contributed by atoms with Gasteiger partial charge in [-0.05, 0) is 24.7 Å². The van der Waals surface area contributed by atoms with E-state index in [0.29, 0.717) is 17.9 Å². The summed E-state index contributed by atoms with van der Waals surface area (Å²) in [6.45, 7) is 3.08. The fraction of sp³-hybridized carbons (Fsp3) is 0.364. The molecular weight excluding hydrogens is 258 g/mol. The highest BCUT2D eigenvalue weighted by Gasteiger charge is 2.11. The molecule has 0 amide bonds. The van der Waals surface area contributed by atoms with E-state index in [4.69, 9.17) is 4.74 Å². The number of rotatable bonds is 5. The molecule has 0 aliphatic heterocycles. The second-order valence-electron chi connectivity index (χ2n) is 3.05. The number of methoxy groups -OCH3 is 1. The van der Waals surface area contributed by atoms with Gasteiger partial charge in [0.05, 0.1) is 19.2 Å². The van der Waals surface area contributed by atoms with Crippen molar-refractivity contribution in [1.29, 1.82) is 0 Å². The molecule has 1 aromatic rings. The molecule has 3 nitrogen and oxygen atoms in total. The summed E-state index contributed by atoms with van der Waals surface area (Å²) >= 11 is 3.33. The van der Waals surface area contributed by atoms with Crippen LogP contribution in [-0.2, 0) is 0 Å². The Bertz CT molecular complexity index is 352. The normalized spacial score (nSPS) is 10.1. The molecule has 1 aromatic carbocycles. The van der Waals surface area contributed by atoms with Crippen molar-refractivity contribution in [2.75, 3.05) is 20.2 Å². The number of hydrogen-bond acceptors (Lipinski definition) is 3. The average Bonchev–Trinajstić information content (AvgIpc) is 2.25. The highest BCUT2D eigenvalue weighted by Crippen LogP contribution is 2.23. The van der Waals surface area contributed by atoms with Gasteiger partial charge in [-0.1, -0.05) is 22.9 Å². The van der Waals surface area contributed by atoms with E-state index in [9.17, 15) is 4.79 Å². The molecular formula is C11H14BrNO2. The molecule has 0 aromatic heterocycles. The van der Waals surface area contributed by atoms with E-state index in [0.717, 1.165) is 11.0 Å². The predicted octanol–water partition coefficient (Wildman–Crippen LogP) is 2.25. The van der Waals surface area contributed by atoms with Crippen molar-refractivity contribution in [3.05, 3.63) is 28.2 Å². The molecule has 4 heteroatoms. The third-order valence-corrected chi connectivity index (χ3v) is 2.49. The van der Waals surface area contributed by atoms with Crippen LogP contribution in [-0.4, -0.2) is 26.0 Å². The molecule has 0 fully saturated rings. The van der Waals surface area contributed by atoms with Crippen molar-refractivity contribution in [1.82, 2.24) is 5.32 Å². The number of hydrogen-bond donors (Lipinski definition) is 1. The molecule has 0 saturated carbocycles. The van der Waals surface area contributed by atoms with Gasteiger partial charge in [-0.25, -0.2) is 0 Å². The number of ether oxygens (including phenoxy) is 1. The first-order chi connectivity index (χ1) is 7.19. The number of Topliss-reactive ketones (excluding diaryl/α,β-unsaturated/α-hetero) is 1. The van der Waals surface area contributed by atoms with Crippen molar-refractivity contribution < 1.29 is 9.53 Å². The van der Waals surface area contributed by atoms with E-state index >= 15 is 0 Å². The average molecular weight is 272 g/mol. The van der Waals surface area contributed by atoms with Gasteiger partial charge < -0.3 is 10.1 Å². The summed E-state index contributed by atoms with van der Waals surface area (Å²) in [6, 6.07) is 5.41. The molecule has 1 rings (SSSR count). The summed E-state index contributed by atoms with van der Waals surface area (Å²) in [5.41, 5.74) is 0.604. The van der Waals surface area contributed by atoms with Crippen LogP contribution in [0.5, 0.6) is 5.75 Å². The van der Waals surface area contributed by atoms with Crippen LogP contribution in [0.3, 0.4) is 0 Å². The van der Waals surface area contributed by atoms with E-state index in [1.165, 1.54) is 0 Å². The van der Waals surface area contributed by atoms with Gasteiger partial charge in [0.25, 0.3) is 0 Å². The third kappa shape index (κ3) is 3.32. The minimum Gasteiger partial charge on any atom is -0.496 e. The number of benzene rings is 1. The van der Waals surface area contributed by atoms with Crippen molar-refractivity contribution in [2.45, 2.75) is 6.92 Å². The van der Waals surface area contributed by atoms with Crippen molar-refractivity contribution >= 4 is 21.7 Å². The highest BCUT2D eigenvalue weighted by molar-refractivity contribution is 9.10. The Morgan fingerprint density at radius 3 is 2.87 bits per heavy atom. The summed E-state index contributed by atoms with van der Waals surface area (Å²) in [5.74, 6) is 0.649. The van der Waals surface area contributed by atoms with Gasteiger partial charge in [0.1, 0.15) is 5.75 Å². The Morgan fingerprint density at radius 2 is 2.27 bits per heavy atom. The zero-order valence-electron chi connectivity index (χ0n) is 8.84. The first kappa shape index (κ1) is 12.2. The lowest BCUT2D eigenvalue weighted by molar-refractivity contribution is 0.0989. The Labute approximate surface area is 97.9 Å². The maximum Gasteiger partial charge on any atom is 0.180 e. The van der Waals surface area contributed by atoms with Gasteiger partial charge in [-0.3, -0.25) is 4.79 Å². The number of nitrogens with one attached hydrogen (secondary N) is 1. The summed E-state index contributed by atoms with van der Waals surface area (Å²) in [7, 11) is 1.56. The van der Waals surface area contributed by atoms with Crippen LogP contribution < -0.4 is 10.1 Å². The van der Waals surface area contributed by atoms with Crippen LogP contribution in [0.2, 0.25) is 0 Å². The minimum atomic E-state index is 0.0370. The lowest BCUT2D eigenvalue weighted by Gasteiger charge is -2.08. The summed E-state index contributed by atoms with van der Waals surface area (Å²) in [6.07, 6.45) is 0. The third-order valence-electron chi connectivity index (χ3n) is 2.00. The SMILES string of the molecule is CCNCC(=O)c1cc(Br)ccc1OC. The first-order valence-electron chi connectivity index (χ1n) is 4.76. The molecule has 0 aliphatic rings. The maximum atomic E-state index is 11.8. The van der Waals surface area contributed by atoms with Gasteiger partial charge in [0.2, 0.25) is 0 Å². The lowest BCUT2D eigenvalue weighted by atomic mass is 10.1. The zero-order valence-corrected chi connectivity index (χ0v) is 10.4. The Morgan fingerprint density at radius 1 is 1.53 bits per heavy atom. The van der Waals surface area contributed by atoms with Crippen molar-refractivity contribution in [3.63, 3.8) is 0 Å². The topological polar surface area (TPSA) is 38.3 Å². The highest BCUT2D eigenvalue weighted by atomic mass is 79.9. The van der Waals surface area contributed by atoms with Crippen LogP contribution >= 0.6 is 15.9 Å². The largest absolute Gasteiger partial charge is 0.496 e. The van der Waals surface area contributed by atoms with E-state index in [1.54, 1.807) is 19.2 Å². The molecule has 1 N–H and O–H groups in total. The van der Waals surface area contributed by atoms with E-state index in [2.05, 4.69) is 21.2 Å². The number of likely N-dealkylation sites (N-methyl/N-ethyl adjacent to an activating group) is 1. The number of carbonyl (C=O) groups excluding carboxylic acids is 1. The second-order valence-corrected chi connectivity index (χ2v) is 3.96. The number of halogens is 1. The molecule has 15 heavy (non-hydrogen) atoms. The first-order valence-corrected chi connectivity index (χ1v) is 5.55. The van der Waals surface area contributed by atoms with E-state index < -0.39 is 0 Å². The summed E-state index contributed by atoms with van der Waals surface area (Å²) in [4.78, 5) is 11.8. The van der Waals surface area contributed by atoms with E-state index in [-0.39, 0.29) is 5.78 Å². The molecule has 0 spiro atoms. The predicted molar refractivity (Wildman–Crippen MR) is 63.6 cm³/mol. The molecule has 0 bridgehead atoms. The van der Waals surface area contributed by atoms with Gasteiger partial charge >= 0.3 is 0 Å². The van der Waals surface area contributed by atoms with Crippen LogP contribution in [0, 0.1) is 0 Å². The molecule has 0 atom stereocenters. The zero-order chi connectivity index (χ0) is 11.3. The van der Waals surface area contributed by atoms with Crippen molar-refractivity contribution in [2.24, 2.45) is 0 Å². The fourth-order valence-corrected chi connectivity index (χ4v) is 1.59. The Hall–Kier alpha value is -0.870. The van der Waals surface area contributed by atoms with Crippen LogP contribution in [0.4, 0.5) is 0 Å². The number of ketones is 1. The van der Waals surface area contributed by atoms with Gasteiger partial charge in [0, 0.05) is 4.47 Å². The summed E-state index contributed by atoms with van der Waals surface area (Å²) in [5, 5.41) is 3.00. The molecule has 0 aliphatic carbocycles.